The summed E-state index contributed by atoms with van der Waals surface area (Å²) in [4.78, 5) is 11.6. The van der Waals surface area contributed by atoms with E-state index in [9.17, 15) is 4.79 Å². The van der Waals surface area contributed by atoms with E-state index in [0.717, 1.165) is 25.9 Å². The molecule has 1 unspecified atom stereocenters. The van der Waals surface area contributed by atoms with E-state index in [4.69, 9.17) is 0 Å². The van der Waals surface area contributed by atoms with Gasteiger partial charge in [-0.15, -0.1) is 0 Å². The van der Waals surface area contributed by atoms with Crippen LogP contribution < -0.4 is 10.6 Å². The van der Waals surface area contributed by atoms with Gasteiger partial charge in [-0.1, -0.05) is 37.3 Å². The highest BCUT2D eigenvalue weighted by molar-refractivity contribution is 5.81. The molecule has 0 saturated heterocycles. The fourth-order valence-electron chi connectivity index (χ4n) is 1.57. The lowest BCUT2D eigenvalue weighted by atomic mass is 10.1. The van der Waals surface area contributed by atoms with E-state index in [-0.39, 0.29) is 11.9 Å². The number of benzene rings is 1. The average molecular weight is 234 g/mol. The van der Waals surface area contributed by atoms with Crippen molar-refractivity contribution < 1.29 is 4.79 Å². The lowest BCUT2D eigenvalue weighted by Gasteiger charge is -2.13. The predicted molar refractivity (Wildman–Crippen MR) is 70.9 cm³/mol. The minimum absolute atomic E-state index is 0.0833. The topological polar surface area (TPSA) is 41.1 Å². The second-order valence-electron chi connectivity index (χ2n) is 4.20. The van der Waals surface area contributed by atoms with Crippen molar-refractivity contribution in [1.29, 1.82) is 0 Å². The molecule has 1 atom stereocenters. The third-order valence-electron chi connectivity index (χ3n) is 2.65. The van der Waals surface area contributed by atoms with E-state index in [1.165, 1.54) is 5.56 Å². The summed E-state index contributed by atoms with van der Waals surface area (Å²) in [6, 6.07) is 10.2. The highest BCUT2D eigenvalue weighted by atomic mass is 16.2. The van der Waals surface area contributed by atoms with Gasteiger partial charge in [0.05, 0.1) is 6.04 Å². The van der Waals surface area contributed by atoms with Crippen LogP contribution in [0.1, 0.15) is 25.8 Å². The van der Waals surface area contributed by atoms with Crippen molar-refractivity contribution in [2.45, 2.75) is 32.7 Å². The molecule has 1 amide bonds. The van der Waals surface area contributed by atoms with Gasteiger partial charge in [0.15, 0.2) is 0 Å². The number of rotatable bonds is 7. The number of carbonyl (C=O) groups is 1. The van der Waals surface area contributed by atoms with Crippen LogP contribution in [0.3, 0.4) is 0 Å². The van der Waals surface area contributed by atoms with E-state index in [1.807, 2.05) is 32.0 Å². The van der Waals surface area contributed by atoms with Crippen LogP contribution in [0.25, 0.3) is 0 Å². The summed E-state index contributed by atoms with van der Waals surface area (Å²) in [6.45, 7) is 5.53. The number of carbonyl (C=O) groups excluding carboxylic acids is 1. The predicted octanol–water partition coefficient (Wildman–Crippen LogP) is 1.73. The van der Waals surface area contributed by atoms with Gasteiger partial charge in [-0.3, -0.25) is 4.79 Å². The van der Waals surface area contributed by atoms with E-state index in [0.29, 0.717) is 0 Å². The molecular formula is C14H22N2O. The molecule has 0 aromatic heterocycles. The first-order valence-corrected chi connectivity index (χ1v) is 6.29. The molecule has 1 aromatic carbocycles. The van der Waals surface area contributed by atoms with Gasteiger partial charge in [-0.05, 0) is 31.9 Å². The molecule has 1 aromatic rings. The zero-order valence-electron chi connectivity index (χ0n) is 10.7. The zero-order valence-corrected chi connectivity index (χ0v) is 10.7. The first-order valence-electron chi connectivity index (χ1n) is 6.29. The molecule has 0 spiro atoms. The summed E-state index contributed by atoms with van der Waals surface area (Å²) in [5.74, 6) is 0.0833. The van der Waals surface area contributed by atoms with Gasteiger partial charge < -0.3 is 10.6 Å². The number of hydrogen-bond acceptors (Lipinski definition) is 2. The van der Waals surface area contributed by atoms with Crippen molar-refractivity contribution >= 4 is 5.91 Å². The Kier molecular flexibility index (Phi) is 6.33. The highest BCUT2D eigenvalue weighted by Gasteiger charge is 2.10. The molecule has 3 heteroatoms. The fraction of sp³-hybridized carbons (Fsp3) is 0.500. The molecule has 0 aliphatic heterocycles. The molecule has 1 rings (SSSR count). The van der Waals surface area contributed by atoms with Gasteiger partial charge in [-0.25, -0.2) is 0 Å². The normalized spacial score (nSPS) is 12.1. The minimum atomic E-state index is -0.120. The van der Waals surface area contributed by atoms with E-state index in [2.05, 4.69) is 22.8 Å². The highest BCUT2D eigenvalue weighted by Crippen LogP contribution is 1.98. The summed E-state index contributed by atoms with van der Waals surface area (Å²) in [5, 5.41) is 6.11. The second kappa shape index (κ2) is 7.85. The number of nitrogens with one attached hydrogen (secondary N) is 2. The molecular weight excluding hydrogens is 212 g/mol. The minimum Gasteiger partial charge on any atom is -0.355 e. The van der Waals surface area contributed by atoms with Gasteiger partial charge in [0.1, 0.15) is 0 Å². The summed E-state index contributed by atoms with van der Waals surface area (Å²) >= 11 is 0. The Balaban J connectivity index is 2.20. The van der Waals surface area contributed by atoms with Gasteiger partial charge in [0, 0.05) is 6.54 Å². The largest absolute Gasteiger partial charge is 0.355 e. The third-order valence-corrected chi connectivity index (χ3v) is 2.65. The van der Waals surface area contributed by atoms with E-state index in [1.54, 1.807) is 0 Å². The van der Waals surface area contributed by atoms with E-state index >= 15 is 0 Å². The van der Waals surface area contributed by atoms with Crippen LogP contribution in [-0.2, 0) is 11.2 Å². The summed E-state index contributed by atoms with van der Waals surface area (Å²) < 4.78 is 0. The zero-order chi connectivity index (χ0) is 12.5. The first kappa shape index (κ1) is 13.7. The molecule has 0 aliphatic carbocycles. The Hall–Kier alpha value is -1.35. The Morgan fingerprint density at radius 2 is 1.94 bits per heavy atom. The van der Waals surface area contributed by atoms with Crippen molar-refractivity contribution in [3.05, 3.63) is 35.9 Å². The average Bonchev–Trinajstić information content (AvgIpc) is 2.37. The van der Waals surface area contributed by atoms with Crippen LogP contribution in [-0.4, -0.2) is 25.0 Å². The summed E-state index contributed by atoms with van der Waals surface area (Å²) in [6.07, 6.45) is 1.93. The lowest BCUT2D eigenvalue weighted by molar-refractivity contribution is -0.122. The lowest BCUT2D eigenvalue weighted by Crippen LogP contribution is -2.43. The van der Waals surface area contributed by atoms with Crippen molar-refractivity contribution in [2.24, 2.45) is 0 Å². The molecule has 0 radical (unpaired) electrons. The molecule has 17 heavy (non-hydrogen) atoms. The quantitative estimate of drug-likeness (QED) is 0.754. The standard InChI is InChI=1S/C14H22N2O/c1-3-10-16-14(17)12(2)15-11-9-13-7-5-4-6-8-13/h4-8,12,15H,3,9-11H2,1-2H3,(H,16,17). The molecule has 0 aliphatic rings. The second-order valence-corrected chi connectivity index (χ2v) is 4.20. The van der Waals surface area contributed by atoms with Crippen LogP contribution >= 0.6 is 0 Å². The summed E-state index contributed by atoms with van der Waals surface area (Å²) in [7, 11) is 0. The first-order chi connectivity index (χ1) is 8.24. The molecule has 0 fully saturated rings. The Morgan fingerprint density at radius 3 is 2.59 bits per heavy atom. The SMILES string of the molecule is CCCNC(=O)C(C)NCCc1ccccc1. The number of hydrogen-bond donors (Lipinski definition) is 2. The molecule has 0 saturated carbocycles. The smallest absolute Gasteiger partial charge is 0.236 e. The van der Waals surface area contributed by atoms with Gasteiger partial charge >= 0.3 is 0 Å². The Morgan fingerprint density at radius 1 is 1.24 bits per heavy atom. The maximum absolute atomic E-state index is 11.6. The molecule has 3 nitrogen and oxygen atoms in total. The van der Waals surface area contributed by atoms with Crippen LogP contribution in [0.4, 0.5) is 0 Å². The van der Waals surface area contributed by atoms with Crippen LogP contribution in [0.15, 0.2) is 30.3 Å². The van der Waals surface area contributed by atoms with Crippen LogP contribution in [0, 0.1) is 0 Å². The van der Waals surface area contributed by atoms with Gasteiger partial charge in [-0.2, -0.15) is 0 Å². The van der Waals surface area contributed by atoms with Crippen molar-refractivity contribution in [3.8, 4) is 0 Å². The van der Waals surface area contributed by atoms with Gasteiger partial charge in [0.2, 0.25) is 5.91 Å². The fourth-order valence-corrected chi connectivity index (χ4v) is 1.57. The molecule has 94 valence electrons. The maximum atomic E-state index is 11.6. The summed E-state index contributed by atoms with van der Waals surface area (Å²) in [5.41, 5.74) is 1.29. The van der Waals surface area contributed by atoms with Crippen molar-refractivity contribution in [3.63, 3.8) is 0 Å². The third kappa shape index (κ3) is 5.50. The van der Waals surface area contributed by atoms with Gasteiger partial charge in [0.25, 0.3) is 0 Å². The monoisotopic (exact) mass is 234 g/mol. The molecule has 0 bridgehead atoms. The maximum Gasteiger partial charge on any atom is 0.236 e. The van der Waals surface area contributed by atoms with Crippen LogP contribution in [0.2, 0.25) is 0 Å². The van der Waals surface area contributed by atoms with Crippen molar-refractivity contribution in [2.75, 3.05) is 13.1 Å². The van der Waals surface area contributed by atoms with E-state index < -0.39 is 0 Å². The number of amides is 1. The Labute approximate surface area is 104 Å². The molecule has 0 heterocycles. The Bertz CT molecular complexity index is 324. The van der Waals surface area contributed by atoms with Crippen molar-refractivity contribution in [1.82, 2.24) is 10.6 Å². The molecule has 2 N–H and O–H groups in total. The van der Waals surface area contributed by atoms with Crippen LogP contribution in [0.5, 0.6) is 0 Å².